The SMILES string of the molecule is C[C@@]1(C(F)(F)F)CCn2c(nc(Cl)cc2=O)N1. The van der Waals surface area contributed by atoms with Gasteiger partial charge in [0.25, 0.3) is 5.56 Å². The van der Waals surface area contributed by atoms with Gasteiger partial charge in [0, 0.05) is 12.6 Å². The summed E-state index contributed by atoms with van der Waals surface area (Å²) in [6.45, 7) is 0.991. The fourth-order valence-electron chi connectivity index (χ4n) is 1.65. The number of alkyl halides is 3. The summed E-state index contributed by atoms with van der Waals surface area (Å²) >= 11 is 5.54. The van der Waals surface area contributed by atoms with E-state index in [0.29, 0.717) is 0 Å². The first-order valence-corrected chi connectivity index (χ1v) is 5.23. The molecule has 1 aliphatic rings. The van der Waals surface area contributed by atoms with Crippen LogP contribution in [0.25, 0.3) is 0 Å². The van der Waals surface area contributed by atoms with Crippen molar-refractivity contribution in [1.82, 2.24) is 9.55 Å². The van der Waals surface area contributed by atoms with Gasteiger partial charge < -0.3 is 5.32 Å². The van der Waals surface area contributed by atoms with E-state index in [2.05, 4.69) is 10.3 Å². The minimum absolute atomic E-state index is 0.0403. The van der Waals surface area contributed by atoms with E-state index in [1.807, 2.05) is 0 Å². The molecule has 0 aliphatic carbocycles. The van der Waals surface area contributed by atoms with Gasteiger partial charge in [-0.1, -0.05) is 11.6 Å². The lowest BCUT2D eigenvalue weighted by Crippen LogP contribution is -2.54. The smallest absolute Gasteiger partial charge is 0.342 e. The van der Waals surface area contributed by atoms with Crippen LogP contribution in [0.15, 0.2) is 10.9 Å². The second-order valence-corrected chi connectivity index (χ2v) is 4.48. The monoisotopic (exact) mass is 267 g/mol. The number of hydrogen-bond acceptors (Lipinski definition) is 3. The van der Waals surface area contributed by atoms with E-state index in [1.165, 1.54) is 0 Å². The molecule has 0 saturated heterocycles. The van der Waals surface area contributed by atoms with Crippen molar-refractivity contribution in [2.45, 2.75) is 31.6 Å². The van der Waals surface area contributed by atoms with E-state index in [1.54, 1.807) is 0 Å². The molecule has 0 aromatic carbocycles. The van der Waals surface area contributed by atoms with Crippen molar-refractivity contribution < 1.29 is 13.2 Å². The van der Waals surface area contributed by atoms with Gasteiger partial charge in [-0.05, 0) is 13.3 Å². The molecule has 1 aliphatic heterocycles. The van der Waals surface area contributed by atoms with Crippen LogP contribution in [0.5, 0.6) is 0 Å². The molecule has 4 nitrogen and oxygen atoms in total. The molecule has 94 valence electrons. The maximum atomic E-state index is 12.8. The third-order valence-corrected chi connectivity index (χ3v) is 3.02. The number of anilines is 1. The summed E-state index contributed by atoms with van der Waals surface area (Å²) in [7, 11) is 0. The largest absolute Gasteiger partial charge is 0.411 e. The average Bonchev–Trinajstić information content (AvgIpc) is 2.14. The summed E-state index contributed by atoms with van der Waals surface area (Å²) in [5, 5.41) is 2.11. The van der Waals surface area contributed by atoms with Crippen LogP contribution >= 0.6 is 11.6 Å². The normalized spacial score (nSPS) is 24.1. The number of nitrogens with one attached hydrogen (secondary N) is 1. The Balaban J connectivity index is 2.47. The molecule has 2 heterocycles. The fraction of sp³-hybridized carbons (Fsp3) is 0.556. The molecule has 0 unspecified atom stereocenters. The fourth-order valence-corrected chi connectivity index (χ4v) is 1.82. The standard InChI is InChI=1S/C9H9ClF3N3O/c1-8(9(11,12)13)2-3-16-6(17)4-5(10)14-7(16)15-8/h4H,2-3H2,1H3,(H,14,15)/t8-/m0/s1. The molecule has 2 rings (SSSR count). The maximum absolute atomic E-state index is 12.8. The summed E-state index contributed by atoms with van der Waals surface area (Å²) in [6, 6.07) is 1.07. The first-order valence-electron chi connectivity index (χ1n) is 4.85. The molecule has 8 heteroatoms. The lowest BCUT2D eigenvalue weighted by molar-refractivity contribution is -0.178. The summed E-state index contributed by atoms with van der Waals surface area (Å²) in [4.78, 5) is 15.2. The van der Waals surface area contributed by atoms with E-state index in [0.717, 1.165) is 17.6 Å². The van der Waals surface area contributed by atoms with Gasteiger partial charge in [0.05, 0.1) is 0 Å². The van der Waals surface area contributed by atoms with Gasteiger partial charge in [0.2, 0.25) is 5.95 Å². The Morgan fingerprint density at radius 3 is 2.82 bits per heavy atom. The molecule has 1 aromatic rings. The Morgan fingerprint density at radius 1 is 1.59 bits per heavy atom. The van der Waals surface area contributed by atoms with E-state index in [9.17, 15) is 18.0 Å². The second-order valence-electron chi connectivity index (χ2n) is 4.10. The molecular weight excluding hydrogens is 259 g/mol. The summed E-state index contributed by atoms with van der Waals surface area (Å²) < 4.78 is 39.6. The number of nitrogens with zero attached hydrogens (tertiary/aromatic N) is 2. The Bertz CT molecular complexity index is 513. The molecular formula is C9H9ClF3N3O. The Kier molecular flexibility index (Phi) is 2.61. The predicted octanol–water partition coefficient (Wildman–Crippen LogP) is 2.03. The van der Waals surface area contributed by atoms with Crippen molar-refractivity contribution in [3.8, 4) is 0 Å². The Morgan fingerprint density at radius 2 is 2.24 bits per heavy atom. The van der Waals surface area contributed by atoms with Crippen LogP contribution in [0.3, 0.4) is 0 Å². The van der Waals surface area contributed by atoms with Gasteiger partial charge in [-0.3, -0.25) is 9.36 Å². The zero-order chi connectivity index (χ0) is 12.8. The highest BCUT2D eigenvalue weighted by atomic mass is 35.5. The lowest BCUT2D eigenvalue weighted by Gasteiger charge is -2.37. The van der Waals surface area contributed by atoms with Gasteiger partial charge >= 0.3 is 6.18 Å². The zero-order valence-electron chi connectivity index (χ0n) is 8.81. The van der Waals surface area contributed by atoms with Crippen molar-refractivity contribution in [1.29, 1.82) is 0 Å². The summed E-state index contributed by atoms with van der Waals surface area (Å²) in [5.74, 6) is -0.145. The quantitative estimate of drug-likeness (QED) is 0.732. The molecule has 1 atom stereocenters. The lowest BCUT2D eigenvalue weighted by atomic mass is 9.95. The van der Waals surface area contributed by atoms with Crippen LogP contribution in [0, 0.1) is 0 Å². The van der Waals surface area contributed by atoms with Gasteiger partial charge in [-0.25, -0.2) is 4.98 Å². The molecule has 0 bridgehead atoms. The minimum atomic E-state index is -4.42. The van der Waals surface area contributed by atoms with Crippen LogP contribution in [-0.4, -0.2) is 21.3 Å². The molecule has 0 amide bonds. The van der Waals surface area contributed by atoms with E-state index in [4.69, 9.17) is 11.6 Å². The van der Waals surface area contributed by atoms with Crippen molar-refractivity contribution in [3.63, 3.8) is 0 Å². The third kappa shape index (κ3) is 1.99. The number of fused-ring (bicyclic) bond motifs is 1. The van der Waals surface area contributed by atoms with Crippen LogP contribution < -0.4 is 10.9 Å². The van der Waals surface area contributed by atoms with E-state index in [-0.39, 0.29) is 24.1 Å². The van der Waals surface area contributed by atoms with Gasteiger partial charge in [0.1, 0.15) is 10.7 Å². The average molecular weight is 268 g/mol. The zero-order valence-corrected chi connectivity index (χ0v) is 9.56. The number of hydrogen-bond donors (Lipinski definition) is 1. The number of aromatic nitrogens is 2. The molecule has 0 spiro atoms. The van der Waals surface area contributed by atoms with Gasteiger partial charge in [-0.2, -0.15) is 13.2 Å². The predicted molar refractivity (Wildman–Crippen MR) is 56.2 cm³/mol. The van der Waals surface area contributed by atoms with Crippen LogP contribution in [0.2, 0.25) is 5.15 Å². The topological polar surface area (TPSA) is 46.9 Å². The molecule has 17 heavy (non-hydrogen) atoms. The maximum Gasteiger partial charge on any atom is 0.411 e. The number of rotatable bonds is 0. The number of halogens is 4. The Hall–Kier alpha value is -1.24. The molecule has 0 fully saturated rings. The van der Waals surface area contributed by atoms with Crippen LogP contribution in [0.4, 0.5) is 19.1 Å². The molecule has 0 saturated carbocycles. The van der Waals surface area contributed by atoms with Crippen molar-refractivity contribution >= 4 is 17.5 Å². The van der Waals surface area contributed by atoms with Crippen molar-refractivity contribution in [3.05, 3.63) is 21.6 Å². The summed E-state index contributed by atoms with van der Waals surface area (Å²) in [6.07, 6.45) is -4.65. The van der Waals surface area contributed by atoms with Gasteiger partial charge in [0.15, 0.2) is 0 Å². The summed E-state index contributed by atoms with van der Waals surface area (Å²) in [5.41, 5.74) is -2.55. The van der Waals surface area contributed by atoms with Crippen molar-refractivity contribution in [2.75, 3.05) is 5.32 Å². The first-order chi connectivity index (χ1) is 7.73. The highest BCUT2D eigenvalue weighted by Crippen LogP contribution is 2.38. The first kappa shape index (κ1) is 12.2. The second kappa shape index (κ2) is 3.63. The highest BCUT2D eigenvalue weighted by Gasteiger charge is 2.52. The molecule has 1 aromatic heterocycles. The van der Waals surface area contributed by atoms with Gasteiger partial charge in [-0.15, -0.1) is 0 Å². The minimum Gasteiger partial charge on any atom is -0.342 e. The van der Waals surface area contributed by atoms with Crippen molar-refractivity contribution in [2.24, 2.45) is 0 Å². The highest BCUT2D eigenvalue weighted by molar-refractivity contribution is 6.29. The van der Waals surface area contributed by atoms with Crippen LogP contribution in [0.1, 0.15) is 13.3 Å². The third-order valence-electron chi connectivity index (χ3n) is 2.83. The van der Waals surface area contributed by atoms with E-state index < -0.39 is 17.3 Å². The van der Waals surface area contributed by atoms with Crippen LogP contribution in [-0.2, 0) is 6.54 Å². The molecule has 1 N–H and O–H groups in total. The Labute approximate surface area is 99.4 Å². The molecule has 0 radical (unpaired) electrons. The van der Waals surface area contributed by atoms with E-state index >= 15 is 0 Å².